The van der Waals surface area contributed by atoms with Gasteiger partial charge in [-0.15, -0.1) is 0 Å². The average molecular weight is 415 g/mol. The molecule has 158 valence electrons. The van der Waals surface area contributed by atoms with Crippen molar-refractivity contribution in [2.45, 2.75) is 44.2 Å². The summed E-state index contributed by atoms with van der Waals surface area (Å²) in [5.74, 6) is 1.31. The zero-order valence-corrected chi connectivity index (χ0v) is 18.6. The summed E-state index contributed by atoms with van der Waals surface area (Å²) in [4.78, 5) is 4.43. The lowest BCUT2D eigenvalue weighted by atomic mass is 9.88. The first-order chi connectivity index (χ1) is 14.1. The van der Waals surface area contributed by atoms with Crippen molar-refractivity contribution < 1.29 is 4.74 Å². The van der Waals surface area contributed by atoms with Crippen molar-refractivity contribution in [2.75, 3.05) is 33.4 Å². The highest BCUT2D eigenvalue weighted by atomic mass is 32.1. The fraction of sp³-hybridized carbons (Fsp3) is 0.522. The van der Waals surface area contributed by atoms with E-state index in [1.54, 1.807) is 11.3 Å². The Morgan fingerprint density at radius 2 is 1.86 bits per heavy atom. The van der Waals surface area contributed by atoms with Crippen molar-refractivity contribution in [1.82, 2.24) is 16.0 Å². The van der Waals surface area contributed by atoms with E-state index < -0.39 is 0 Å². The summed E-state index contributed by atoms with van der Waals surface area (Å²) in [6.07, 6.45) is 1.97. The van der Waals surface area contributed by atoms with Crippen molar-refractivity contribution in [1.29, 1.82) is 0 Å². The molecule has 5 nitrogen and oxygen atoms in total. The first-order valence-electron chi connectivity index (χ1n) is 10.5. The quantitative estimate of drug-likeness (QED) is 0.453. The van der Waals surface area contributed by atoms with Gasteiger partial charge in [-0.3, -0.25) is 4.99 Å². The van der Waals surface area contributed by atoms with Crippen LogP contribution in [0.2, 0.25) is 0 Å². The maximum absolute atomic E-state index is 5.65. The van der Waals surface area contributed by atoms with Gasteiger partial charge in [0.1, 0.15) is 0 Å². The smallest absolute Gasteiger partial charge is 0.191 e. The van der Waals surface area contributed by atoms with Crippen LogP contribution in [0.25, 0.3) is 0 Å². The monoisotopic (exact) mass is 414 g/mol. The van der Waals surface area contributed by atoms with E-state index in [0.717, 1.165) is 45.1 Å². The predicted octanol–water partition coefficient (Wildman–Crippen LogP) is 3.92. The number of aliphatic imine (C=N–C) groups is 1. The van der Waals surface area contributed by atoms with Gasteiger partial charge >= 0.3 is 0 Å². The van der Waals surface area contributed by atoms with Crippen molar-refractivity contribution >= 4 is 17.3 Å². The molecule has 1 aliphatic heterocycles. The number of benzene rings is 1. The van der Waals surface area contributed by atoms with Gasteiger partial charge in [-0.2, -0.15) is 11.3 Å². The second-order valence-electron chi connectivity index (χ2n) is 7.93. The fourth-order valence-electron chi connectivity index (χ4n) is 3.82. The van der Waals surface area contributed by atoms with E-state index in [2.05, 4.69) is 81.9 Å². The van der Waals surface area contributed by atoms with Gasteiger partial charge in [0.05, 0.1) is 0 Å². The molecule has 3 rings (SSSR count). The van der Waals surface area contributed by atoms with E-state index in [-0.39, 0.29) is 11.6 Å². The third-order valence-corrected chi connectivity index (χ3v) is 6.48. The molecule has 3 N–H and O–H groups in total. The second kappa shape index (κ2) is 10.8. The molecular weight excluding hydrogens is 380 g/mol. The van der Waals surface area contributed by atoms with Crippen molar-refractivity contribution in [2.24, 2.45) is 4.99 Å². The van der Waals surface area contributed by atoms with E-state index in [1.807, 2.05) is 7.05 Å². The number of nitrogens with zero attached hydrogens (tertiary/aromatic N) is 1. The van der Waals surface area contributed by atoms with Gasteiger partial charge in [0.25, 0.3) is 0 Å². The van der Waals surface area contributed by atoms with E-state index in [0.29, 0.717) is 5.92 Å². The molecular formula is C23H34N4OS. The minimum atomic E-state index is -0.00982. The normalized spacial score (nSPS) is 18.8. The van der Waals surface area contributed by atoms with Crippen LogP contribution in [0.1, 0.15) is 49.8 Å². The molecule has 0 spiro atoms. The van der Waals surface area contributed by atoms with Crippen molar-refractivity contribution in [3.05, 3.63) is 58.3 Å². The molecule has 1 saturated heterocycles. The first-order valence-corrected chi connectivity index (χ1v) is 11.4. The van der Waals surface area contributed by atoms with E-state index in [4.69, 9.17) is 4.74 Å². The predicted molar refractivity (Wildman–Crippen MR) is 123 cm³/mol. The Balaban J connectivity index is 1.57. The van der Waals surface area contributed by atoms with Crippen LogP contribution in [0.5, 0.6) is 0 Å². The lowest BCUT2D eigenvalue weighted by Gasteiger charge is -2.41. The summed E-state index contributed by atoms with van der Waals surface area (Å²) < 4.78 is 5.65. The van der Waals surface area contributed by atoms with Crippen LogP contribution in [-0.4, -0.2) is 44.8 Å². The molecule has 2 atom stereocenters. The molecule has 0 amide bonds. The molecule has 0 aliphatic carbocycles. The van der Waals surface area contributed by atoms with Crippen molar-refractivity contribution in [3.63, 3.8) is 0 Å². The Morgan fingerprint density at radius 1 is 1.10 bits per heavy atom. The zero-order chi connectivity index (χ0) is 20.5. The summed E-state index contributed by atoms with van der Waals surface area (Å²) >= 11 is 1.75. The summed E-state index contributed by atoms with van der Waals surface area (Å²) in [6, 6.07) is 13.1. The van der Waals surface area contributed by atoms with Gasteiger partial charge in [-0.1, -0.05) is 37.3 Å². The van der Waals surface area contributed by atoms with Crippen LogP contribution >= 0.6 is 11.3 Å². The van der Waals surface area contributed by atoms with Crippen LogP contribution in [0.4, 0.5) is 0 Å². The molecule has 2 heterocycles. The van der Waals surface area contributed by atoms with E-state index in [9.17, 15) is 0 Å². The molecule has 1 aromatic carbocycles. The summed E-state index contributed by atoms with van der Waals surface area (Å²) in [5, 5.41) is 15.3. The lowest BCUT2D eigenvalue weighted by molar-refractivity contribution is 0.0355. The molecule has 1 aliphatic rings. The highest BCUT2D eigenvalue weighted by Gasteiger charge is 2.34. The number of ether oxygens (including phenoxy) is 1. The highest BCUT2D eigenvalue weighted by Crippen LogP contribution is 2.25. The fourth-order valence-corrected chi connectivity index (χ4v) is 4.60. The lowest BCUT2D eigenvalue weighted by Crippen LogP contribution is -2.58. The Morgan fingerprint density at radius 3 is 2.52 bits per heavy atom. The van der Waals surface area contributed by atoms with Gasteiger partial charge in [0.2, 0.25) is 0 Å². The number of rotatable bonds is 8. The molecule has 0 radical (unpaired) electrons. The molecule has 0 saturated carbocycles. The summed E-state index contributed by atoms with van der Waals surface area (Å²) in [5.41, 5.74) is 2.67. The zero-order valence-electron chi connectivity index (χ0n) is 17.8. The van der Waals surface area contributed by atoms with E-state index in [1.165, 1.54) is 11.1 Å². The minimum Gasteiger partial charge on any atom is -0.381 e. The van der Waals surface area contributed by atoms with Gasteiger partial charge < -0.3 is 20.7 Å². The van der Waals surface area contributed by atoms with Gasteiger partial charge in [0, 0.05) is 44.9 Å². The highest BCUT2D eigenvalue weighted by molar-refractivity contribution is 7.07. The molecule has 2 aromatic rings. The third kappa shape index (κ3) is 6.29. The molecule has 1 fully saturated rings. The first kappa shape index (κ1) is 21.8. The number of guanidine groups is 1. The van der Waals surface area contributed by atoms with Crippen molar-refractivity contribution in [3.8, 4) is 0 Å². The molecule has 6 heteroatoms. The number of thiophene rings is 1. The number of hydrogen-bond acceptors (Lipinski definition) is 4. The topological polar surface area (TPSA) is 57.7 Å². The van der Waals surface area contributed by atoms with Crippen LogP contribution in [0.3, 0.4) is 0 Å². The van der Waals surface area contributed by atoms with Gasteiger partial charge in [-0.05, 0) is 53.6 Å². The third-order valence-electron chi connectivity index (χ3n) is 5.78. The molecule has 2 unspecified atom stereocenters. The SMILES string of the molecule is CN=C(NCC(C)c1ccsc1)NCC1(NC(C)c2ccccc2)CCOCC1. The second-order valence-corrected chi connectivity index (χ2v) is 8.71. The Bertz CT molecular complexity index is 742. The average Bonchev–Trinajstić information content (AvgIpc) is 3.30. The van der Waals surface area contributed by atoms with Crippen LogP contribution in [0.15, 0.2) is 52.2 Å². The summed E-state index contributed by atoms with van der Waals surface area (Å²) in [7, 11) is 1.83. The maximum Gasteiger partial charge on any atom is 0.191 e. The largest absolute Gasteiger partial charge is 0.381 e. The Labute approximate surface area is 179 Å². The maximum atomic E-state index is 5.65. The minimum absolute atomic E-state index is 0.00982. The number of hydrogen-bond donors (Lipinski definition) is 3. The van der Waals surface area contributed by atoms with Crippen LogP contribution in [0, 0.1) is 0 Å². The Hall–Kier alpha value is -1.89. The number of nitrogens with one attached hydrogen (secondary N) is 3. The van der Waals surface area contributed by atoms with Crippen LogP contribution in [-0.2, 0) is 4.74 Å². The molecule has 0 bridgehead atoms. The van der Waals surface area contributed by atoms with E-state index >= 15 is 0 Å². The van der Waals surface area contributed by atoms with Gasteiger partial charge in [0.15, 0.2) is 5.96 Å². The van der Waals surface area contributed by atoms with Gasteiger partial charge in [-0.25, -0.2) is 0 Å². The standard InChI is InChI=1S/C23H34N4OS/c1-18(21-9-14-29-16-21)15-25-22(24-3)26-17-23(10-12-28-13-11-23)27-19(2)20-7-5-4-6-8-20/h4-9,14,16,18-19,27H,10-13,15,17H2,1-3H3,(H2,24,25,26). The summed E-state index contributed by atoms with van der Waals surface area (Å²) in [6.45, 7) is 7.74. The molecule has 1 aromatic heterocycles. The Kier molecular flexibility index (Phi) is 8.09. The molecule has 29 heavy (non-hydrogen) atoms. The van der Waals surface area contributed by atoms with Crippen LogP contribution < -0.4 is 16.0 Å².